The molecule has 1 aromatic rings. The Hall–Kier alpha value is -1.49. The van der Waals surface area contributed by atoms with E-state index < -0.39 is 11.4 Å². The monoisotopic (exact) mass is 242 g/mol. The number of halogens is 1. The van der Waals surface area contributed by atoms with Gasteiger partial charge in [-0.3, -0.25) is 0 Å². The standard InChI is InChI=1S/C12H19FN2O2/c1-12(2,7-16)15(3)10-6-11(17-4)9(14)5-8(10)13/h5-6,16H,7,14H2,1-4H3. The summed E-state index contributed by atoms with van der Waals surface area (Å²) < 4.78 is 18.9. The van der Waals surface area contributed by atoms with Crippen LogP contribution < -0.4 is 15.4 Å². The van der Waals surface area contributed by atoms with Crippen molar-refractivity contribution in [3.8, 4) is 5.75 Å². The number of aliphatic hydroxyl groups is 1. The van der Waals surface area contributed by atoms with Gasteiger partial charge >= 0.3 is 0 Å². The molecule has 0 aromatic heterocycles. The van der Waals surface area contributed by atoms with E-state index in [9.17, 15) is 9.50 Å². The summed E-state index contributed by atoms with van der Waals surface area (Å²) >= 11 is 0. The van der Waals surface area contributed by atoms with E-state index in [1.807, 2.05) is 13.8 Å². The van der Waals surface area contributed by atoms with Gasteiger partial charge < -0.3 is 20.5 Å². The molecule has 0 atom stereocenters. The van der Waals surface area contributed by atoms with Gasteiger partial charge in [0.05, 0.1) is 30.6 Å². The van der Waals surface area contributed by atoms with Gasteiger partial charge in [0.1, 0.15) is 11.6 Å². The second kappa shape index (κ2) is 4.79. The molecular formula is C12H19FN2O2. The lowest BCUT2D eigenvalue weighted by Crippen LogP contribution is -2.44. The van der Waals surface area contributed by atoms with Crippen LogP contribution in [0.3, 0.4) is 0 Å². The Morgan fingerprint density at radius 1 is 1.47 bits per heavy atom. The fourth-order valence-corrected chi connectivity index (χ4v) is 1.42. The average Bonchev–Trinajstić information content (AvgIpc) is 2.28. The lowest BCUT2D eigenvalue weighted by Gasteiger charge is -2.36. The van der Waals surface area contributed by atoms with Crippen molar-refractivity contribution >= 4 is 11.4 Å². The van der Waals surface area contributed by atoms with Crippen LogP contribution in [-0.2, 0) is 0 Å². The van der Waals surface area contributed by atoms with Crippen molar-refractivity contribution in [2.45, 2.75) is 19.4 Å². The van der Waals surface area contributed by atoms with E-state index in [4.69, 9.17) is 10.5 Å². The van der Waals surface area contributed by atoms with Gasteiger partial charge in [-0.25, -0.2) is 4.39 Å². The quantitative estimate of drug-likeness (QED) is 0.788. The first-order valence-corrected chi connectivity index (χ1v) is 5.31. The Morgan fingerprint density at radius 2 is 2.06 bits per heavy atom. The summed E-state index contributed by atoms with van der Waals surface area (Å²) in [5, 5.41) is 9.28. The van der Waals surface area contributed by atoms with E-state index in [0.29, 0.717) is 11.4 Å². The zero-order chi connectivity index (χ0) is 13.2. The molecule has 5 heteroatoms. The molecule has 0 aliphatic carbocycles. The minimum atomic E-state index is -0.567. The molecule has 0 unspecified atom stereocenters. The molecule has 0 saturated heterocycles. The molecule has 4 nitrogen and oxygen atoms in total. The van der Waals surface area contributed by atoms with Gasteiger partial charge in [0.25, 0.3) is 0 Å². The van der Waals surface area contributed by atoms with E-state index in [1.54, 1.807) is 11.9 Å². The highest BCUT2D eigenvalue weighted by Crippen LogP contribution is 2.32. The van der Waals surface area contributed by atoms with Gasteiger partial charge in [-0.1, -0.05) is 0 Å². The topological polar surface area (TPSA) is 58.7 Å². The number of hydrogen-bond acceptors (Lipinski definition) is 4. The highest BCUT2D eigenvalue weighted by molar-refractivity contribution is 5.63. The van der Waals surface area contributed by atoms with Crippen molar-refractivity contribution in [3.63, 3.8) is 0 Å². The highest BCUT2D eigenvalue weighted by Gasteiger charge is 2.25. The van der Waals surface area contributed by atoms with Crippen molar-refractivity contribution in [1.82, 2.24) is 0 Å². The van der Waals surface area contributed by atoms with E-state index in [0.717, 1.165) is 0 Å². The van der Waals surface area contributed by atoms with Crippen LogP contribution in [0.2, 0.25) is 0 Å². The van der Waals surface area contributed by atoms with E-state index in [2.05, 4.69) is 0 Å². The SMILES string of the molecule is COc1cc(N(C)C(C)(C)CO)c(F)cc1N. The number of rotatable bonds is 4. The normalized spacial score (nSPS) is 11.4. The van der Waals surface area contributed by atoms with Crippen LogP contribution in [0, 0.1) is 5.82 Å². The number of nitrogens with zero attached hydrogens (tertiary/aromatic N) is 1. The molecule has 96 valence electrons. The molecular weight excluding hydrogens is 223 g/mol. The summed E-state index contributed by atoms with van der Waals surface area (Å²) in [5.41, 5.74) is 5.64. The van der Waals surface area contributed by atoms with E-state index in [1.165, 1.54) is 19.2 Å². The number of methoxy groups -OCH3 is 1. The first kappa shape index (κ1) is 13.6. The first-order chi connectivity index (χ1) is 7.83. The zero-order valence-electron chi connectivity index (χ0n) is 10.6. The predicted molar refractivity (Wildman–Crippen MR) is 66.9 cm³/mol. The summed E-state index contributed by atoms with van der Waals surface area (Å²) in [6.45, 7) is 3.54. The minimum Gasteiger partial charge on any atom is -0.495 e. The maximum absolute atomic E-state index is 13.8. The lowest BCUT2D eigenvalue weighted by molar-refractivity contribution is 0.215. The number of hydrogen-bond donors (Lipinski definition) is 2. The molecule has 1 aromatic carbocycles. The van der Waals surface area contributed by atoms with Crippen molar-refractivity contribution in [2.24, 2.45) is 0 Å². The fourth-order valence-electron chi connectivity index (χ4n) is 1.42. The highest BCUT2D eigenvalue weighted by atomic mass is 19.1. The van der Waals surface area contributed by atoms with Crippen molar-refractivity contribution < 1.29 is 14.2 Å². The largest absolute Gasteiger partial charge is 0.495 e. The van der Waals surface area contributed by atoms with Crippen molar-refractivity contribution in [1.29, 1.82) is 0 Å². The van der Waals surface area contributed by atoms with Crippen LogP contribution in [0.1, 0.15) is 13.8 Å². The first-order valence-electron chi connectivity index (χ1n) is 5.31. The number of benzene rings is 1. The summed E-state index contributed by atoms with van der Waals surface area (Å²) in [7, 11) is 3.19. The van der Waals surface area contributed by atoms with Gasteiger partial charge in [-0.2, -0.15) is 0 Å². The smallest absolute Gasteiger partial charge is 0.148 e. The van der Waals surface area contributed by atoms with Crippen LogP contribution >= 0.6 is 0 Å². The Kier molecular flexibility index (Phi) is 3.83. The van der Waals surface area contributed by atoms with Gasteiger partial charge in [0.2, 0.25) is 0 Å². The Balaban J connectivity index is 3.22. The number of nitrogens with two attached hydrogens (primary N) is 1. The van der Waals surface area contributed by atoms with Gasteiger partial charge in [0.15, 0.2) is 0 Å². The summed E-state index contributed by atoms with van der Waals surface area (Å²) in [5.74, 6) is -0.0192. The predicted octanol–water partition coefficient (Wildman–Crippen LogP) is 1.62. The Morgan fingerprint density at radius 3 is 2.53 bits per heavy atom. The molecule has 0 spiro atoms. The number of nitrogen functional groups attached to an aromatic ring is 1. The lowest BCUT2D eigenvalue weighted by atomic mass is 10.0. The van der Waals surface area contributed by atoms with Gasteiger partial charge in [-0.15, -0.1) is 0 Å². The Bertz CT molecular complexity index is 408. The van der Waals surface area contributed by atoms with Crippen LogP contribution in [-0.4, -0.2) is 31.4 Å². The molecule has 0 aliphatic heterocycles. The Labute approximate surface area is 101 Å². The molecule has 1 rings (SSSR count). The second-order valence-electron chi connectivity index (χ2n) is 4.58. The van der Waals surface area contributed by atoms with Gasteiger partial charge in [0, 0.05) is 19.2 Å². The number of likely N-dealkylation sites (N-methyl/N-ethyl adjacent to an activating group) is 1. The third-order valence-corrected chi connectivity index (χ3v) is 2.96. The number of aliphatic hydroxyl groups excluding tert-OH is 1. The van der Waals surface area contributed by atoms with E-state index in [-0.39, 0.29) is 12.3 Å². The average molecular weight is 242 g/mol. The third kappa shape index (κ3) is 2.61. The molecule has 0 bridgehead atoms. The fraction of sp³-hybridized carbons (Fsp3) is 0.500. The molecule has 0 heterocycles. The summed E-state index contributed by atoms with van der Waals surface area (Å²) in [6, 6.07) is 2.75. The summed E-state index contributed by atoms with van der Waals surface area (Å²) in [6.07, 6.45) is 0. The van der Waals surface area contributed by atoms with Crippen LogP contribution in [0.5, 0.6) is 5.75 Å². The molecule has 3 N–H and O–H groups in total. The van der Waals surface area contributed by atoms with Crippen molar-refractivity contribution in [3.05, 3.63) is 17.9 Å². The van der Waals surface area contributed by atoms with Gasteiger partial charge in [-0.05, 0) is 13.8 Å². The molecule has 0 fully saturated rings. The minimum absolute atomic E-state index is 0.0877. The zero-order valence-corrected chi connectivity index (χ0v) is 10.6. The molecule has 0 amide bonds. The van der Waals surface area contributed by atoms with Crippen molar-refractivity contribution in [2.75, 3.05) is 31.4 Å². The maximum atomic E-state index is 13.8. The molecule has 0 aliphatic rings. The number of ether oxygens (including phenoxy) is 1. The summed E-state index contributed by atoms with van der Waals surface area (Å²) in [4.78, 5) is 1.66. The van der Waals surface area contributed by atoms with Crippen LogP contribution in [0.4, 0.5) is 15.8 Å². The number of anilines is 2. The third-order valence-electron chi connectivity index (χ3n) is 2.96. The van der Waals surface area contributed by atoms with Crippen LogP contribution in [0.25, 0.3) is 0 Å². The molecule has 0 radical (unpaired) electrons. The molecule has 0 saturated carbocycles. The van der Waals surface area contributed by atoms with Crippen LogP contribution in [0.15, 0.2) is 12.1 Å². The van der Waals surface area contributed by atoms with E-state index >= 15 is 0 Å². The molecule has 17 heavy (non-hydrogen) atoms. The second-order valence-corrected chi connectivity index (χ2v) is 4.58. The maximum Gasteiger partial charge on any atom is 0.148 e.